The number of nitro benzene ring substituents is 1. The summed E-state index contributed by atoms with van der Waals surface area (Å²) < 4.78 is 2.90. The number of nitro groups is 1. The lowest BCUT2D eigenvalue weighted by Gasteiger charge is -2.18. The van der Waals surface area contributed by atoms with Crippen LogP contribution in [-0.4, -0.2) is 19.0 Å². The molecule has 33 heavy (non-hydrogen) atoms. The summed E-state index contributed by atoms with van der Waals surface area (Å²) in [5.74, 6) is 0.312. The number of rotatable bonds is 9. The Balaban J connectivity index is 1.87. The SMILES string of the molecule is CCCCCCCCn1c2nc(=O)n(-c3ccccc3)c(=O)c-2cc2cc([N+](=O)[O-])ccc21. The predicted molar refractivity (Wildman–Crippen MR) is 128 cm³/mol. The number of benzene rings is 2. The molecule has 2 heterocycles. The van der Waals surface area contributed by atoms with E-state index in [9.17, 15) is 19.7 Å². The van der Waals surface area contributed by atoms with Gasteiger partial charge < -0.3 is 4.57 Å². The molecule has 0 saturated heterocycles. The van der Waals surface area contributed by atoms with E-state index in [0.29, 0.717) is 29.0 Å². The van der Waals surface area contributed by atoms with E-state index >= 15 is 0 Å². The highest BCUT2D eigenvalue weighted by atomic mass is 16.6. The van der Waals surface area contributed by atoms with Gasteiger partial charge in [-0.1, -0.05) is 57.2 Å². The van der Waals surface area contributed by atoms with Crippen molar-refractivity contribution < 1.29 is 4.92 Å². The van der Waals surface area contributed by atoms with Crippen molar-refractivity contribution in [3.8, 4) is 17.1 Å². The molecule has 0 atom stereocenters. The Bertz CT molecular complexity index is 1380. The van der Waals surface area contributed by atoms with Crippen LogP contribution < -0.4 is 11.2 Å². The Morgan fingerprint density at radius 3 is 2.39 bits per heavy atom. The maximum atomic E-state index is 13.4. The highest BCUT2D eigenvalue weighted by Gasteiger charge is 2.21. The number of non-ortho nitro benzene ring substituents is 1. The minimum Gasteiger partial charge on any atom is -0.325 e. The number of fused-ring (bicyclic) bond motifs is 2. The minimum atomic E-state index is -0.642. The van der Waals surface area contributed by atoms with Gasteiger partial charge in [0.1, 0.15) is 0 Å². The second kappa shape index (κ2) is 9.77. The first-order valence-electron chi connectivity index (χ1n) is 11.3. The Labute approximate surface area is 190 Å². The maximum absolute atomic E-state index is 13.4. The molecule has 0 bridgehead atoms. The Kier molecular flexibility index (Phi) is 6.63. The number of aromatic nitrogens is 3. The third kappa shape index (κ3) is 4.55. The number of hydrogen-bond donors (Lipinski definition) is 0. The summed E-state index contributed by atoms with van der Waals surface area (Å²) in [5.41, 5.74) is 0.231. The third-order valence-corrected chi connectivity index (χ3v) is 5.89. The quantitative estimate of drug-likeness (QED) is 0.157. The van der Waals surface area contributed by atoms with E-state index in [-0.39, 0.29) is 11.3 Å². The molecule has 2 aliphatic heterocycles. The average molecular weight is 447 g/mol. The Hall–Kier alpha value is -3.81. The first-order valence-corrected chi connectivity index (χ1v) is 11.3. The van der Waals surface area contributed by atoms with Crippen molar-refractivity contribution in [2.45, 2.75) is 52.0 Å². The topological polar surface area (TPSA) is 100 Å². The first kappa shape index (κ1) is 22.4. The van der Waals surface area contributed by atoms with Gasteiger partial charge >= 0.3 is 5.69 Å². The number of nitrogens with zero attached hydrogens (tertiary/aromatic N) is 4. The molecule has 0 fully saturated rings. The van der Waals surface area contributed by atoms with Crippen molar-refractivity contribution in [3.05, 3.63) is 85.5 Å². The van der Waals surface area contributed by atoms with Crippen molar-refractivity contribution in [3.63, 3.8) is 0 Å². The molecule has 0 spiro atoms. The minimum absolute atomic E-state index is 0.0512. The van der Waals surface area contributed by atoms with Gasteiger partial charge in [0.2, 0.25) is 0 Å². The molecule has 0 amide bonds. The molecule has 2 aromatic carbocycles. The summed E-state index contributed by atoms with van der Waals surface area (Å²) in [5, 5.41) is 11.9. The van der Waals surface area contributed by atoms with Gasteiger partial charge in [0, 0.05) is 24.1 Å². The fraction of sp³-hybridized carbons (Fsp3) is 0.320. The van der Waals surface area contributed by atoms with Crippen molar-refractivity contribution in [1.29, 1.82) is 0 Å². The van der Waals surface area contributed by atoms with Crippen LogP contribution >= 0.6 is 0 Å². The van der Waals surface area contributed by atoms with E-state index in [1.807, 2.05) is 4.57 Å². The summed E-state index contributed by atoms with van der Waals surface area (Å²) >= 11 is 0. The van der Waals surface area contributed by atoms with Gasteiger partial charge in [-0.2, -0.15) is 4.98 Å². The van der Waals surface area contributed by atoms with E-state index in [4.69, 9.17) is 0 Å². The molecule has 170 valence electrons. The summed E-state index contributed by atoms with van der Waals surface area (Å²) in [6.45, 7) is 2.74. The summed E-state index contributed by atoms with van der Waals surface area (Å²) in [6, 6.07) is 14.8. The van der Waals surface area contributed by atoms with Crippen LogP contribution in [0, 0.1) is 10.1 Å². The van der Waals surface area contributed by atoms with Crippen LogP contribution in [0.2, 0.25) is 0 Å². The lowest BCUT2D eigenvalue weighted by Crippen LogP contribution is -2.36. The highest BCUT2D eigenvalue weighted by Crippen LogP contribution is 2.28. The van der Waals surface area contributed by atoms with Crippen LogP contribution in [0.3, 0.4) is 0 Å². The van der Waals surface area contributed by atoms with Crippen LogP contribution in [0.15, 0.2) is 64.2 Å². The van der Waals surface area contributed by atoms with Crippen LogP contribution in [0.5, 0.6) is 0 Å². The van der Waals surface area contributed by atoms with Gasteiger partial charge in [0.25, 0.3) is 11.2 Å². The molecule has 0 aliphatic carbocycles. The zero-order valence-corrected chi connectivity index (χ0v) is 18.6. The van der Waals surface area contributed by atoms with Gasteiger partial charge in [-0.05, 0) is 30.7 Å². The van der Waals surface area contributed by atoms with E-state index < -0.39 is 16.2 Å². The smallest absolute Gasteiger partial charge is 0.325 e. The zero-order chi connectivity index (χ0) is 23.4. The van der Waals surface area contributed by atoms with Gasteiger partial charge in [0.15, 0.2) is 5.82 Å². The number of aryl methyl sites for hydroxylation is 1. The largest absolute Gasteiger partial charge is 0.357 e. The molecule has 0 radical (unpaired) electrons. The van der Waals surface area contributed by atoms with Crippen molar-refractivity contribution >= 4 is 16.6 Å². The predicted octanol–water partition coefficient (Wildman–Crippen LogP) is 4.92. The summed E-state index contributed by atoms with van der Waals surface area (Å²) in [6.07, 6.45) is 6.54. The molecule has 0 aromatic heterocycles. The molecule has 0 saturated carbocycles. The Morgan fingerprint density at radius 2 is 1.67 bits per heavy atom. The van der Waals surface area contributed by atoms with Crippen molar-refractivity contribution in [1.82, 2.24) is 14.1 Å². The van der Waals surface area contributed by atoms with E-state index in [1.54, 1.807) is 42.5 Å². The second-order valence-electron chi connectivity index (χ2n) is 8.17. The van der Waals surface area contributed by atoms with Crippen LogP contribution in [-0.2, 0) is 6.54 Å². The van der Waals surface area contributed by atoms with Gasteiger partial charge in [-0.15, -0.1) is 0 Å². The van der Waals surface area contributed by atoms with Crippen LogP contribution in [0.25, 0.3) is 28.0 Å². The molecule has 0 unspecified atom stereocenters. The van der Waals surface area contributed by atoms with E-state index in [2.05, 4.69) is 11.9 Å². The number of pyridine rings is 1. The third-order valence-electron chi connectivity index (χ3n) is 5.89. The number of unbranched alkanes of at least 4 members (excludes halogenated alkanes) is 5. The first-order chi connectivity index (χ1) is 16.0. The van der Waals surface area contributed by atoms with Gasteiger partial charge in [0.05, 0.1) is 21.7 Å². The molecule has 0 N–H and O–H groups in total. The monoisotopic (exact) mass is 446 g/mol. The average Bonchev–Trinajstić information content (AvgIpc) is 2.81. The second-order valence-corrected chi connectivity index (χ2v) is 8.17. The van der Waals surface area contributed by atoms with Gasteiger partial charge in [-0.3, -0.25) is 14.9 Å². The highest BCUT2D eigenvalue weighted by molar-refractivity contribution is 5.87. The summed E-state index contributed by atoms with van der Waals surface area (Å²) in [4.78, 5) is 41.4. The molecule has 4 rings (SSSR count). The van der Waals surface area contributed by atoms with E-state index in [1.165, 1.54) is 31.4 Å². The molecule has 8 nitrogen and oxygen atoms in total. The van der Waals surface area contributed by atoms with Crippen LogP contribution in [0.4, 0.5) is 5.69 Å². The number of para-hydroxylation sites is 1. The van der Waals surface area contributed by atoms with Gasteiger partial charge in [-0.25, -0.2) is 9.36 Å². The lowest BCUT2D eigenvalue weighted by atomic mass is 10.1. The normalized spacial score (nSPS) is 11.3. The Morgan fingerprint density at radius 1 is 0.939 bits per heavy atom. The zero-order valence-electron chi connectivity index (χ0n) is 18.6. The van der Waals surface area contributed by atoms with Crippen molar-refractivity contribution in [2.24, 2.45) is 0 Å². The van der Waals surface area contributed by atoms with Crippen LogP contribution in [0.1, 0.15) is 45.4 Å². The fourth-order valence-electron chi connectivity index (χ4n) is 4.20. The lowest BCUT2D eigenvalue weighted by molar-refractivity contribution is -0.384. The number of hydrogen-bond acceptors (Lipinski definition) is 5. The summed E-state index contributed by atoms with van der Waals surface area (Å²) in [7, 11) is 0. The molecule has 2 aliphatic rings. The molecule has 2 aromatic rings. The van der Waals surface area contributed by atoms with Crippen molar-refractivity contribution in [2.75, 3.05) is 0 Å². The molecule has 8 heteroatoms. The maximum Gasteiger partial charge on any atom is 0.357 e. The fourth-order valence-corrected chi connectivity index (χ4v) is 4.20. The van der Waals surface area contributed by atoms with E-state index in [0.717, 1.165) is 23.8 Å². The molecular weight excluding hydrogens is 420 g/mol. The molecular formula is C25H26N4O4. The standard InChI is InChI=1S/C25H26N4O4/c1-2-3-4-5-6-10-15-27-22-14-13-20(29(32)33)16-18(22)17-21-23(27)26-25(31)28(24(21)30)19-11-8-7-9-12-19/h7-9,11-14,16-17H,2-6,10,15H2,1H3.